The van der Waals surface area contributed by atoms with Crippen LogP contribution in [0.2, 0.25) is 0 Å². The van der Waals surface area contributed by atoms with Crippen LogP contribution in [0.3, 0.4) is 0 Å². The van der Waals surface area contributed by atoms with Crippen LogP contribution in [0.25, 0.3) is 22.9 Å². The highest BCUT2D eigenvalue weighted by atomic mass is 16.5. The van der Waals surface area contributed by atoms with Crippen LogP contribution in [0.1, 0.15) is 32.6 Å². The van der Waals surface area contributed by atoms with Gasteiger partial charge in [-0.3, -0.25) is 19.3 Å². The molecule has 0 fully saturated rings. The number of carbonyl (C=O) groups excluding carboxylic acids is 1. The summed E-state index contributed by atoms with van der Waals surface area (Å²) in [5.74, 6) is 1.29. The molecule has 0 saturated heterocycles. The summed E-state index contributed by atoms with van der Waals surface area (Å²) in [5.41, 5.74) is 3.80. The highest BCUT2D eigenvalue weighted by Gasteiger charge is 2.19. The van der Waals surface area contributed by atoms with Gasteiger partial charge in [0, 0.05) is 38.8 Å². The second-order valence-corrected chi connectivity index (χ2v) is 11.4. The van der Waals surface area contributed by atoms with E-state index in [0.717, 1.165) is 53.9 Å². The Bertz CT molecular complexity index is 2170. The van der Waals surface area contributed by atoms with Crippen LogP contribution in [0.4, 0.5) is 0 Å². The number of amides is 1. The lowest BCUT2D eigenvalue weighted by atomic mass is 9.99. The zero-order valence-electron chi connectivity index (χ0n) is 26.1. The first-order valence-electron chi connectivity index (χ1n) is 15.2. The van der Waals surface area contributed by atoms with Gasteiger partial charge >= 0.3 is 0 Å². The number of hydrogen-bond acceptors (Lipinski definition) is 6. The van der Waals surface area contributed by atoms with Crippen molar-refractivity contribution in [3.63, 3.8) is 0 Å². The molecule has 0 spiro atoms. The number of rotatable bonds is 8. The van der Waals surface area contributed by atoms with Gasteiger partial charge in [0.2, 0.25) is 0 Å². The minimum absolute atomic E-state index is 0.166. The maximum atomic E-state index is 13.2. The number of fused-ring (bicyclic) bond motifs is 2. The zero-order valence-corrected chi connectivity index (χ0v) is 26.1. The van der Waals surface area contributed by atoms with Crippen molar-refractivity contribution >= 4 is 28.8 Å². The molecule has 0 aliphatic carbocycles. The van der Waals surface area contributed by atoms with Gasteiger partial charge in [-0.2, -0.15) is 0 Å². The number of ether oxygens (including phenoxy) is 2. The van der Waals surface area contributed by atoms with Crippen LogP contribution in [0, 0.1) is 0 Å². The maximum Gasteiger partial charge on any atom is 0.274 e. The van der Waals surface area contributed by atoms with Crippen LogP contribution in [0.15, 0.2) is 88.5 Å². The number of aromatic nitrogens is 2. The molecule has 1 aliphatic heterocycles. The third-order valence-corrected chi connectivity index (χ3v) is 8.45. The van der Waals surface area contributed by atoms with E-state index < -0.39 is 0 Å². The number of nitrogens with one attached hydrogen (secondary N) is 2. The van der Waals surface area contributed by atoms with E-state index in [4.69, 9.17) is 9.47 Å². The van der Waals surface area contributed by atoms with Crippen molar-refractivity contribution in [2.24, 2.45) is 7.05 Å². The highest BCUT2D eigenvalue weighted by molar-refractivity contribution is 5.94. The van der Waals surface area contributed by atoms with Crippen LogP contribution in [-0.2, 0) is 20.0 Å². The number of benzene rings is 4. The summed E-state index contributed by atoms with van der Waals surface area (Å²) >= 11 is 0. The van der Waals surface area contributed by atoms with Crippen LogP contribution in [0.5, 0.6) is 11.5 Å². The smallest absolute Gasteiger partial charge is 0.274 e. The van der Waals surface area contributed by atoms with E-state index >= 15 is 0 Å². The van der Waals surface area contributed by atoms with E-state index in [2.05, 4.69) is 15.2 Å². The molecule has 1 amide bonds. The van der Waals surface area contributed by atoms with Gasteiger partial charge in [0.15, 0.2) is 11.5 Å². The Hall–Kier alpha value is -5.41. The molecule has 4 aromatic carbocycles. The summed E-state index contributed by atoms with van der Waals surface area (Å²) in [6, 6.07) is 24.9. The number of methoxy groups -OCH3 is 2. The fourth-order valence-corrected chi connectivity index (χ4v) is 5.86. The Morgan fingerprint density at radius 1 is 0.870 bits per heavy atom. The van der Waals surface area contributed by atoms with E-state index in [9.17, 15) is 14.4 Å². The first-order chi connectivity index (χ1) is 22.3. The standard InChI is InChI=1S/C37H36N4O5/c1-40-32(20-25-10-11-26-6-4-5-7-28(26)18-25)36(43)39-31(37(40)44)19-24-8-12-27(13-9-24)35(42)38-15-17-41-16-14-29-21-33(45-2)34(46-3)22-30(29)23-41/h4-13,18-22H,14-17,23H2,1-3H3,(H,38,42)(H,39,43). The first kappa shape index (κ1) is 30.6. The predicted molar refractivity (Wildman–Crippen MR) is 180 cm³/mol. The fourth-order valence-electron chi connectivity index (χ4n) is 5.86. The van der Waals surface area contributed by atoms with Crippen LogP contribution >= 0.6 is 0 Å². The second kappa shape index (κ2) is 13.3. The van der Waals surface area contributed by atoms with Crippen molar-refractivity contribution in [3.05, 3.63) is 138 Å². The molecular weight excluding hydrogens is 580 g/mol. The van der Waals surface area contributed by atoms with Crippen molar-refractivity contribution in [2.75, 3.05) is 33.9 Å². The van der Waals surface area contributed by atoms with Crippen molar-refractivity contribution in [3.8, 4) is 11.5 Å². The van der Waals surface area contributed by atoms with E-state index in [0.29, 0.717) is 17.7 Å². The average molecular weight is 617 g/mol. The molecule has 2 heterocycles. The number of nitrogens with zero attached hydrogens (tertiary/aromatic N) is 2. The van der Waals surface area contributed by atoms with E-state index in [-0.39, 0.29) is 27.7 Å². The van der Waals surface area contributed by atoms with Gasteiger partial charge in [-0.05, 0) is 81.9 Å². The quantitative estimate of drug-likeness (QED) is 0.278. The molecule has 0 radical (unpaired) electrons. The molecule has 5 aromatic rings. The van der Waals surface area contributed by atoms with E-state index in [1.165, 1.54) is 15.7 Å². The second-order valence-electron chi connectivity index (χ2n) is 11.4. The summed E-state index contributed by atoms with van der Waals surface area (Å²) < 4.78 is 12.2. The normalized spacial score (nSPS) is 13.9. The van der Waals surface area contributed by atoms with Gasteiger partial charge in [0.25, 0.3) is 17.0 Å². The van der Waals surface area contributed by atoms with Crippen molar-refractivity contribution < 1.29 is 14.3 Å². The lowest BCUT2D eigenvalue weighted by molar-refractivity contribution is 0.0947. The van der Waals surface area contributed by atoms with E-state index in [1.807, 2.05) is 54.6 Å². The third-order valence-electron chi connectivity index (χ3n) is 8.45. The molecule has 0 atom stereocenters. The first-order valence-corrected chi connectivity index (χ1v) is 15.2. The molecule has 46 heavy (non-hydrogen) atoms. The fraction of sp³-hybridized carbons (Fsp3) is 0.216. The summed E-state index contributed by atoms with van der Waals surface area (Å²) in [6.45, 7) is 2.90. The molecule has 2 N–H and O–H groups in total. The Labute approximate surface area is 266 Å². The van der Waals surface area contributed by atoms with Crippen LogP contribution < -0.4 is 36.6 Å². The molecule has 1 aromatic heterocycles. The Morgan fingerprint density at radius 3 is 2.30 bits per heavy atom. The van der Waals surface area contributed by atoms with Crippen molar-refractivity contribution in [1.29, 1.82) is 0 Å². The Balaban J connectivity index is 1.11. The maximum absolute atomic E-state index is 13.2. The SMILES string of the molecule is COc1cc2c(cc1OC)CN(CCNC(=O)c1ccc(C=c3[nH]c(=O)c(=Cc4ccc5ccccc5c4)n(C)c3=O)cc1)CC2. The number of H-pyrrole nitrogens is 1. The minimum Gasteiger partial charge on any atom is -0.493 e. The number of hydrogen-bond donors (Lipinski definition) is 2. The molecule has 0 unspecified atom stereocenters. The van der Waals surface area contributed by atoms with Gasteiger partial charge in [-0.25, -0.2) is 0 Å². The third kappa shape index (κ3) is 6.50. The molecule has 0 saturated carbocycles. The topological polar surface area (TPSA) is 106 Å². The molecule has 9 nitrogen and oxygen atoms in total. The summed E-state index contributed by atoms with van der Waals surface area (Å²) in [6.07, 6.45) is 4.23. The average Bonchev–Trinajstić information content (AvgIpc) is 3.08. The summed E-state index contributed by atoms with van der Waals surface area (Å²) in [4.78, 5) is 44.0. The Kier molecular flexibility index (Phi) is 8.85. The molecule has 9 heteroatoms. The largest absolute Gasteiger partial charge is 0.493 e. The molecule has 1 aliphatic rings. The molecule has 0 bridgehead atoms. The zero-order chi connectivity index (χ0) is 32.2. The summed E-state index contributed by atoms with van der Waals surface area (Å²) in [7, 11) is 4.87. The number of aromatic amines is 1. The molecule has 6 rings (SSSR count). The lowest BCUT2D eigenvalue weighted by Crippen LogP contribution is -2.52. The van der Waals surface area contributed by atoms with E-state index in [1.54, 1.807) is 57.7 Å². The highest BCUT2D eigenvalue weighted by Crippen LogP contribution is 2.33. The van der Waals surface area contributed by atoms with Crippen LogP contribution in [-0.4, -0.2) is 54.2 Å². The van der Waals surface area contributed by atoms with Crippen molar-refractivity contribution in [1.82, 2.24) is 19.8 Å². The van der Waals surface area contributed by atoms with Gasteiger partial charge in [0.05, 0.1) is 14.2 Å². The number of carbonyl (C=O) groups is 1. The van der Waals surface area contributed by atoms with Gasteiger partial charge in [-0.1, -0.05) is 48.5 Å². The monoisotopic (exact) mass is 616 g/mol. The van der Waals surface area contributed by atoms with Gasteiger partial charge < -0.3 is 24.3 Å². The Morgan fingerprint density at radius 2 is 1.57 bits per heavy atom. The minimum atomic E-state index is -0.367. The van der Waals surface area contributed by atoms with Gasteiger partial charge in [0.1, 0.15) is 10.7 Å². The van der Waals surface area contributed by atoms with Crippen molar-refractivity contribution in [2.45, 2.75) is 13.0 Å². The predicted octanol–water partition coefficient (Wildman–Crippen LogP) is 2.69. The lowest BCUT2D eigenvalue weighted by Gasteiger charge is -2.29. The van der Waals surface area contributed by atoms with Gasteiger partial charge in [-0.15, -0.1) is 0 Å². The molecular formula is C37H36N4O5. The summed E-state index contributed by atoms with van der Waals surface area (Å²) in [5, 5.41) is 5.58. The molecule has 234 valence electrons.